The van der Waals surface area contributed by atoms with E-state index in [0.29, 0.717) is 25.7 Å². The average Bonchev–Trinajstić information content (AvgIpc) is 3.10. The molecule has 0 aromatic heterocycles. The first-order valence-corrected chi connectivity index (χ1v) is 9.44. The van der Waals surface area contributed by atoms with Crippen molar-refractivity contribution >= 4 is 5.97 Å². The van der Waals surface area contributed by atoms with E-state index >= 15 is 0 Å². The molecule has 1 heterocycles. The van der Waals surface area contributed by atoms with Crippen molar-refractivity contribution in [3.05, 3.63) is 24.0 Å². The molecule has 2 aliphatic rings. The highest BCUT2D eigenvalue weighted by Crippen LogP contribution is 2.45. The van der Waals surface area contributed by atoms with Crippen LogP contribution < -0.4 is 0 Å². The van der Waals surface area contributed by atoms with Crippen LogP contribution in [0.25, 0.3) is 0 Å². The lowest BCUT2D eigenvalue weighted by Crippen LogP contribution is -2.19. The van der Waals surface area contributed by atoms with E-state index in [1.54, 1.807) is 13.0 Å². The molecule has 1 saturated carbocycles. The van der Waals surface area contributed by atoms with Crippen molar-refractivity contribution in [3.8, 4) is 11.8 Å². The Morgan fingerprint density at radius 2 is 2.23 bits per heavy atom. The molecule has 1 aliphatic heterocycles. The van der Waals surface area contributed by atoms with Gasteiger partial charge in [-0.05, 0) is 31.8 Å². The number of aliphatic carboxylic acids is 1. The van der Waals surface area contributed by atoms with Gasteiger partial charge in [-0.2, -0.15) is 0 Å². The molecule has 6 atom stereocenters. The van der Waals surface area contributed by atoms with Crippen LogP contribution in [-0.4, -0.2) is 39.6 Å². The van der Waals surface area contributed by atoms with E-state index in [1.165, 1.54) is 0 Å². The number of rotatable bonds is 8. The van der Waals surface area contributed by atoms with E-state index in [-0.39, 0.29) is 30.3 Å². The topological polar surface area (TPSA) is 87.0 Å². The largest absolute Gasteiger partial charge is 0.495 e. The summed E-state index contributed by atoms with van der Waals surface area (Å²) in [6.07, 6.45) is 8.15. The monoisotopic (exact) mass is 362 g/mol. The van der Waals surface area contributed by atoms with Gasteiger partial charge in [0.1, 0.15) is 6.10 Å². The zero-order valence-electron chi connectivity index (χ0n) is 15.6. The molecule has 5 nitrogen and oxygen atoms in total. The van der Waals surface area contributed by atoms with Crippen molar-refractivity contribution in [2.24, 2.45) is 17.8 Å². The summed E-state index contributed by atoms with van der Waals surface area (Å²) >= 11 is 0. The number of aliphatic hydroxyl groups excluding tert-OH is 2. The van der Waals surface area contributed by atoms with Gasteiger partial charge in [-0.3, -0.25) is 4.79 Å². The van der Waals surface area contributed by atoms with Crippen LogP contribution in [0.4, 0.5) is 0 Å². The van der Waals surface area contributed by atoms with Gasteiger partial charge in [0.05, 0.1) is 18.0 Å². The Labute approximate surface area is 155 Å². The number of ether oxygens (including phenoxy) is 1. The van der Waals surface area contributed by atoms with Crippen LogP contribution >= 0.6 is 0 Å². The molecule has 26 heavy (non-hydrogen) atoms. The highest BCUT2D eigenvalue weighted by molar-refractivity contribution is 5.66. The first kappa shape index (κ1) is 20.5. The van der Waals surface area contributed by atoms with Crippen molar-refractivity contribution in [1.29, 1.82) is 0 Å². The van der Waals surface area contributed by atoms with Crippen LogP contribution in [-0.2, 0) is 9.53 Å². The molecule has 1 saturated heterocycles. The normalized spacial score (nSPS) is 31.3. The van der Waals surface area contributed by atoms with Crippen molar-refractivity contribution in [1.82, 2.24) is 0 Å². The number of fused-ring (bicyclic) bond motifs is 1. The number of hydrogen-bond donors (Lipinski definition) is 3. The first-order chi connectivity index (χ1) is 12.4. The van der Waals surface area contributed by atoms with Gasteiger partial charge in [0.2, 0.25) is 0 Å². The molecule has 0 radical (unpaired) electrons. The van der Waals surface area contributed by atoms with Crippen molar-refractivity contribution in [3.63, 3.8) is 0 Å². The van der Waals surface area contributed by atoms with Gasteiger partial charge in [0.15, 0.2) is 0 Å². The van der Waals surface area contributed by atoms with Crippen LogP contribution in [0.15, 0.2) is 24.0 Å². The second-order valence-electron chi connectivity index (χ2n) is 7.34. The SMILES string of the molecule is CC#CCC(C)[C@H](O)C=C[C@@H]1[C@H]2CC(=CCCCC(=O)O)O[C@H]2C[C@H]1O. The van der Waals surface area contributed by atoms with E-state index < -0.39 is 18.2 Å². The van der Waals surface area contributed by atoms with E-state index in [0.717, 1.165) is 12.2 Å². The van der Waals surface area contributed by atoms with Crippen LogP contribution in [0.2, 0.25) is 0 Å². The maximum Gasteiger partial charge on any atom is 0.303 e. The molecular formula is C21H30O5. The lowest BCUT2D eigenvalue weighted by atomic mass is 9.89. The van der Waals surface area contributed by atoms with Gasteiger partial charge in [-0.1, -0.05) is 19.1 Å². The lowest BCUT2D eigenvalue weighted by Gasteiger charge is -2.17. The van der Waals surface area contributed by atoms with Crippen molar-refractivity contribution in [2.75, 3.05) is 0 Å². The third-order valence-corrected chi connectivity index (χ3v) is 5.31. The lowest BCUT2D eigenvalue weighted by molar-refractivity contribution is -0.137. The van der Waals surface area contributed by atoms with Gasteiger partial charge in [-0.15, -0.1) is 11.8 Å². The zero-order chi connectivity index (χ0) is 19.1. The highest BCUT2D eigenvalue weighted by Gasteiger charge is 2.46. The molecule has 144 valence electrons. The summed E-state index contributed by atoms with van der Waals surface area (Å²) in [5.41, 5.74) is 0. The molecule has 0 bridgehead atoms. The minimum Gasteiger partial charge on any atom is -0.495 e. The predicted molar refractivity (Wildman–Crippen MR) is 99.0 cm³/mol. The molecule has 3 N–H and O–H groups in total. The molecule has 0 aromatic rings. The summed E-state index contributed by atoms with van der Waals surface area (Å²) < 4.78 is 5.94. The molecule has 2 rings (SSSR count). The third-order valence-electron chi connectivity index (χ3n) is 5.31. The molecular weight excluding hydrogens is 332 g/mol. The van der Waals surface area contributed by atoms with Crippen LogP contribution in [0.3, 0.4) is 0 Å². The van der Waals surface area contributed by atoms with E-state index in [2.05, 4.69) is 11.8 Å². The Bertz CT molecular complexity index is 597. The Balaban J connectivity index is 1.89. The first-order valence-electron chi connectivity index (χ1n) is 9.44. The predicted octanol–water partition coefficient (Wildman–Crippen LogP) is 2.88. The summed E-state index contributed by atoms with van der Waals surface area (Å²) in [4.78, 5) is 10.6. The maximum absolute atomic E-state index is 10.6. The molecule has 0 spiro atoms. The fourth-order valence-electron chi connectivity index (χ4n) is 3.72. The third kappa shape index (κ3) is 5.62. The van der Waals surface area contributed by atoms with Crippen LogP contribution in [0, 0.1) is 29.6 Å². The van der Waals surface area contributed by atoms with Crippen LogP contribution in [0.1, 0.15) is 52.4 Å². The van der Waals surface area contributed by atoms with Crippen molar-refractivity contribution in [2.45, 2.75) is 70.7 Å². The van der Waals surface area contributed by atoms with Gasteiger partial charge in [-0.25, -0.2) is 0 Å². The van der Waals surface area contributed by atoms with Gasteiger partial charge in [0, 0.05) is 37.5 Å². The fourth-order valence-corrected chi connectivity index (χ4v) is 3.72. The molecule has 5 heteroatoms. The Hall–Kier alpha value is -1.77. The average molecular weight is 362 g/mol. The highest BCUT2D eigenvalue weighted by atomic mass is 16.5. The van der Waals surface area contributed by atoms with Gasteiger partial charge < -0.3 is 20.1 Å². The smallest absolute Gasteiger partial charge is 0.303 e. The minimum atomic E-state index is -0.779. The zero-order valence-corrected chi connectivity index (χ0v) is 15.6. The second kappa shape index (κ2) is 9.80. The maximum atomic E-state index is 10.6. The standard InChI is InChI=1S/C21H30O5/c1-3-4-7-14(2)18(22)11-10-16-17-12-15(8-5-6-9-21(24)25)26-20(17)13-19(16)23/h8,10-11,14,16-20,22-23H,5-7,9,12-13H2,1-2H3,(H,24,25)/t14?,16-,17-,18-,19-,20+/m1/s1. The number of carboxylic acid groups (broad SMARTS) is 1. The summed E-state index contributed by atoms with van der Waals surface area (Å²) in [7, 11) is 0. The number of unbranched alkanes of at least 4 members (excludes halogenated alkanes) is 1. The summed E-state index contributed by atoms with van der Waals surface area (Å²) in [6.45, 7) is 3.75. The summed E-state index contributed by atoms with van der Waals surface area (Å²) in [5.74, 6) is 6.19. The second-order valence-corrected chi connectivity index (χ2v) is 7.34. The molecule has 0 amide bonds. The number of carboxylic acids is 1. The van der Waals surface area contributed by atoms with E-state index in [1.807, 2.05) is 19.1 Å². The Morgan fingerprint density at radius 1 is 1.46 bits per heavy atom. The van der Waals surface area contributed by atoms with Crippen LogP contribution in [0.5, 0.6) is 0 Å². The Morgan fingerprint density at radius 3 is 2.92 bits per heavy atom. The summed E-state index contributed by atoms with van der Waals surface area (Å²) in [5, 5.41) is 29.2. The minimum absolute atomic E-state index is 0.00546. The number of allylic oxidation sites excluding steroid dienone is 2. The fraction of sp³-hybridized carbons (Fsp3) is 0.667. The quantitative estimate of drug-likeness (QED) is 0.351. The Kier molecular flexibility index (Phi) is 7.74. The number of aliphatic hydroxyl groups is 2. The van der Waals surface area contributed by atoms with Gasteiger partial charge in [0.25, 0.3) is 0 Å². The molecule has 1 aliphatic carbocycles. The summed E-state index contributed by atoms with van der Waals surface area (Å²) in [6, 6.07) is 0. The number of hydrogen-bond acceptors (Lipinski definition) is 4. The molecule has 0 aromatic carbocycles. The van der Waals surface area contributed by atoms with Crippen molar-refractivity contribution < 1.29 is 24.9 Å². The number of carbonyl (C=O) groups is 1. The van der Waals surface area contributed by atoms with E-state index in [9.17, 15) is 15.0 Å². The molecule has 2 fully saturated rings. The van der Waals surface area contributed by atoms with Gasteiger partial charge >= 0.3 is 5.97 Å². The molecule has 1 unspecified atom stereocenters. The van der Waals surface area contributed by atoms with E-state index in [4.69, 9.17) is 9.84 Å².